The van der Waals surface area contributed by atoms with E-state index in [1.807, 2.05) is 0 Å². The second-order valence-corrected chi connectivity index (χ2v) is 2.96. The van der Waals surface area contributed by atoms with E-state index in [2.05, 4.69) is 0 Å². The summed E-state index contributed by atoms with van der Waals surface area (Å²) in [5.74, 6) is 0.781. The Hall–Kier alpha value is -0.150. The smallest absolute Gasteiger partial charge is 0.348 e. The van der Waals surface area contributed by atoms with Crippen LogP contribution in [0.4, 0.5) is 0 Å². The minimum absolute atomic E-state index is 0.0868. The van der Waals surface area contributed by atoms with E-state index in [4.69, 9.17) is 14.9 Å². The van der Waals surface area contributed by atoms with Gasteiger partial charge in [0, 0.05) is 12.4 Å². The number of aliphatic hydroxyl groups is 1. The molecule has 0 bridgehead atoms. The molecule has 3 N–H and O–H groups in total. The predicted octanol–water partition coefficient (Wildman–Crippen LogP) is 0.0602. The zero-order chi connectivity index (χ0) is 7.33. The third kappa shape index (κ3) is 7.85. The molecule has 0 aromatic heterocycles. The van der Waals surface area contributed by atoms with Crippen molar-refractivity contribution in [1.82, 2.24) is 0 Å². The van der Waals surface area contributed by atoms with Gasteiger partial charge < -0.3 is 14.9 Å². The summed E-state index contributed by atoms with van der Waals surface area (Å²) < 4.78 is 10.0. The molecule has 0 radical (unpaired) electrons. The van der Waals surface area contributed by atoms with Gasteiger partial charge in [-0.05, 0) is 6.42 Å². The molecule has 0 rings (SSSR count). The van der Waals surface area contributed by atoms with Crippen LogP contribution in [0.15, 0.2) is 11.9 Å². The molecule has 0 saturated carbocycles. The van der Waals surface area contributed by atoms with Crippen LogP contribution >= 0.6 is 7.60 Å². The summed E-state index contributed by atoms with van der Waals surface area (Å²) in [5.41, 5.74) is 0. The molecule has 0 amide bonds. The van der Waals surface area contributed by atoms with Crippen LogP contribution in [0.5, 0.6) is 0 Å². The zero-order valence-corrected chi connectivity index (χ0v) is 5.66. The predicted molar refractivity (Wildman–Crippen MR) is 32.9 cm³/mol. The van der Waals surface area contributed by atoms with E-state index in [9.17, 15) is 4.57 Å². The molecule has 0 aromatic carbocycles. The van der Waals surface area contributed by atoms with Crippen molar-refractivity contribution >= 4 is 7.60 Å². The second-order valence-electron chi connectivity index (χ2n) is 1.49. The van der Waals surface area contributed by atoms with Crippen LogP contribution in [-0.2, 0) is 4.57 Å². The Morgan fingerprint density at radius 3 is 2.33 bits per heavy atom. The molecule has 0 heterocycles. The van der Waals surface area contributed by atoms with E-state index in [-0.39, 0.29) is 13.0 Å². The van der Waals surface area contributed by atoms with Gasteiger partial charge in [0.1, 0.15) is 0 Å². The van der Waals surface area contributed by atoms with Crippen molar-refractivity contribution in [1.29, 1.82) is 0 Å². The van der Waals surface area contributed by atoms with E-state index >= 15 is 0 Å². The molecule has 5 heteroatoms. The highest BCUT2D eigenvalue weighted by Crippen LogP contribution is 2.35. The first kappa shape index (κ1) is 8.85. The third-order valence-corrected chi connectivity index (χ3v) is 1.19. The maximum absolute atomic E-state index is 10.0. The van der Waals surface area contributed by atoms with Crippen molar-refractivity contribution in [2.45, 2.75) is 6.42 Å². The molecule has 0 atom stereocenters. The molecule has 0 unspecified atom stereocenters. The third-order valence-electron chi connectivity index (χ3n) is 0.595. The molecule has 0 aromatic rings. The van der Waals surface area contributed by atoms with Crippen molar-refractivity contribution in [3.63, 3.8) is 0 Å². The van der Waals surface area contributed by atoms with Gasteiger partial charge in [0.2, 0.25) is 0 Å². The lowest BCUT2D eigenvalue weighted by atomic mass is 10.5. The van der Waals surface area contributed by atoms with E-state index in [1.165, 1.54) is 6.08 Å². The standard InChI is InChI=1S/C4H9O4P/c5-3-1-2-4-9(6,7)8/h2,4-5H,1,3H2,(H2,6,7,8)/b4-2+. The number of hydrogen-bond donors (Lipinski definition) is 3. The lowest BCUT2D eigenvalue weighted by Gasteiger charge is -1.91. The summed E-state index contributed by atoms with van der Waals surface area (Å²) in [5, 5.41) is 8.16. The van der Waals surface area contributed by atoms with E-state index in [0.717, 1.165) is 5.82 Å². The van der Waals surface area contributed by atoms with Gasteiger partial charge in [0.15, 0.2) is 0 Å². The number of hydrogen-bond acceptors (Lipinski definition) is 2. The normalized spacial score (nSPS) is 12.8. The molecule has 9 heavy (non-hydrogen) atoms. The topological polar surface area (TPSA) is 77.8 Å². The number of rotatable bonds is 3. The quantitative estimate of drug-likeness (QED) is 0.499. The Kier molecular flexibility index (Phi) is 3.73. The van der Waals surface area contributed by atoms with Gasteiger partial charge in [0.05, 0.1) is 0 Å². The Morgan fingerprint density at radius 1 is 1.44 bits per heavy atom. The Balaban J connectivity index is 3.58. The van der Waals surface area contributed by atoms with Gasteiger partial charge in [-0.2, -0.15) is 0 Å². The van der Waals surface area contributed by atoms with Crippen LogP contribution in [0.25, 0.3) is 0 Å². The highest BCUT2D eigenvalue weighted by molar-refractivity contribution is 7.55. The van der Waals surface area contributed by atoms with Crippen molar-refractivity contribution in [3.8, 4) is 0 Å². The van der Waals surface area contributed by atoms with Crippen molar-refractivity contribution in [3.05, 3.63) is 11.9 Å². The summed E-state index contributed by atoms with van der Waals surface area (Å²) in [6, 6.07) is 0. The van der Waals surface area contributed by atoms with Gasteiger partial charge in [-0.25, -0.2) is 0 Å². The first-order valence-corrected chi connectivity index (χ1v) is 4.08. The monoisotopic (exact) mass is 152 g/mol. The molecule has 54 valence electrons. The van der Waals surface area contributed by atoms with Crippen LogP contribution in [-0.4, -0.2) is 21.5 Å². The molecular weight excluding hydrogens is 143 g/mol. The van der Waals surface area contributed by atoms with E-state index in [0.29, 0.717) is 0 Å². The Bertz CT molecular complexity index is 136. The minimum atomic E-state index is -3.99. The molecule has 4 nitrogen and oxygen atoms in total. The molecule has 0 spiro atoms. The summed E-state index contributed by atoms with van der Waals surface area (Å²) in [7, 11) is -3.99. The first-order chi connectivity index (χ1) is 4.06. The molecule has 0 saturated heterocycles. The summed E-state index contributed by atoms with van der Waals surface area (Å²) in [6.45, 7) is -0.0868. The molecule has 0 fully saturated rings. The average molecular weight is 152 g/mol. The SMILES string of the molecule is O=P(O)(O)/C=C/CCO. The fourth-order valence-corrected chi connectivity index (χ4v) is 0.710. The van der Waals surface area contributed by atoms with E-state index < -0.39 is 7.60 Å². The van der Waals surface area contributed by atoms with Gasteiger partial charge in [-0.3, -0.25) is 4.57 Å². The molecule has 0 aliphatic rings. The van der Waals surface area contributed by atoms with Crippen molar-refractivity contribution < 1.29 is 19.5 Å². The maximum Gasteiger partial charge on any atom is 0.348 e. The Morgan fingerprint density at radius 2 is 2.00 bits per heavy atom. The zero-order valence-electron chi connectivity index (χ0n) is 4.77. The van der Waals surface area contributed by atoms with Crippen LogP contribution in [0, 0.1) is 0 Å². The summed E-state index contributed by atoms with van der Waals surface area (Å²) >= 11 is 0. The van der Waals surface area contributed by atoms with Gasteiger partial charge >= 0.3 is 7.60 Å². The van der Waals surface area contributed by atoms with Gasteiger partial charge in [0.25, 0.3) is 0 Å². The largest absolute Gasteiger partial charge is 0.396 e. The second kappa shape index (κ2) is 3.80. The summed E-state index contributed by atoms with van der Waals surface area (Å²) in [4.78, 5) is 16.4. The van der Waals surface area contributed by atoms with Crippen LogP contribution in [0.3, 0.4) is 0 Å². The van der Waals surface area contributed by atoms with Crippen LogP contribution in [0.2, 0.25) is 0 Å². The Labute approximate surface area is 53.0 Å². The fourth-order valence-electron chi connectivity index (χ4n) is 0.286. The van der Waals surface area contributed by atoms with Gasteiger partial charge in [-0.15, -0.1) is 0 Å². The number of aliphatic hydroxyl groups excluding tert-OH is 1. The lowest BCUT2D eigenvalue weighted by Crippen LogP contribution is -1.76. The molecule has 0 aliphatic carbocycles. The van der Waals surface area contributed by atoms with Crippen LogP contribution in [0.1, 0.15) is 6.42 Å². The fraction of sp³-hybridized carbons (Fsp3) is 0.500. The lowest BCUT2D eigenvalue weighted by molar-refractivity contribution is 0.302. The molecule has 0 aliphatic heterocycles. The first-order valence-electron chi connectivity index (χ1n) is 2.40. The van der Waals surface area contributed by atoms with Crippen molar-refractivity contribution in [2.75, 3.05) is 6.61 Å². The highest BCUT2D eigenvalue weighted by atomic mass is 31.2. The minimum Gasteiger partial charge on any atom is -0.396 e. The van der Waals surface area contributed by atoms with Crippen LogP contribution < -0.4 is 0 Å². The average Bonchev–Trinajstić information content (AvgIpc) is 1.63. The highest BCUT2D eigenvalue weighted by Gasteiger charge is 2.03. The van der Waals surface area contributed by atoms with Gasteiger partial charge in [-0.1, -0.05) is 6.08 Å². The van der Waals surface area contributed by atoms with E-state index in [1.54, 1.807) is 0 Å². The maximum atomic E-state index is 10.0. The summed E-state index contributed by atoms with van der Waals surface area (Å²) in [6.07, 6.45) is 1.53. The van der Waals surface area contributed by atoms with Crippen molar-refractivity contribution in [2.24, 2.45) is 0 Å². The molecular formula is C4H9O4P.